The van der Waals surface area contributed by atoms with Crippen LogP contribution in [0.25, 0.3) is 22.5 Å². The third kappa shape index (κ3) is 3.30. The first-order valence-corrected chi connectivity index (χ1v) is 8.93. The van der Waals surface area contributed by atoms with E-state index in [2.05, 4.69) is 36.8 Å². The van der Waals surface area contributed by atoms with E-state index in [0.717, 1.165) is 20.2 Å². The summed E-state index contributed by atoms with van der Waals surface area (Å²) in [7, 11) is 4.95. The number of aromatic nitrogens is 2. The van der Waals surface area contributed by atoms with E-state index in [1.54, 1.807) is 25.6 Å². The molecule has 2 aromatic carbocycles. The van der Waals surface area contributed by atoms with Crippen LogP contribution in [-0.2, 0) is 7.05 Å². The molecule has 0 unspecified atom stereocenters. The molecule has 0 bridgehead atoms. The Morgan fingerprint density at radius 2 is 1.68 bits per heavy atom. The Bertz CT molecular complexity index is 918. The van der Waals surface area contributed by atoms with Gasteiger partial charge in [-0.05, 0) is 62.2 Å². The quantitative estimate of drug-likeness (QED) is 0.510. The molecule has 130 valence electrons. The number of aryl methyl sites for hydroxylation is 1. The lowest BCUT2D eigenvalue weighted by Gasteiger charge is -2.12. The molecule has 0 amide bonds. The summed E-state index contributed by atoms with van der Waals surface area (Å²) in [6, 6.07) is 8.72. The predicted octanol–water partition coefficient (Wildman–Crippen LogP) is 5.44. The highest BCUT2D eigenvalue weighted by atomic mass is 79.9. The summed E-state index contributed by atoms with van der Waals surface area (Å²) in [5, 5.41) is 0. The number of rotatable bonds is 4. The zero-order valence-corrected chi connectivity index (χ0v) is 17.0. The number of hydrogen-bond donors (Lipinski definition) is 0. The molecule has 3 aromatic rings. The summed E-state index contributed by atoms with van der Waals surface area (Å²) in [4.78, 5) is 4.45. The number of methoxy groups -OCH3 is 2. The van der Waals surface area contributed by atoms with Crippen LogP contribution in [0, 0.1) is 5.82 Å². The summed E-state index contributed by atoms with van der Waals surface area (Å²) in [5.41, 5.74) is 3.16. The maximum absolute atomic E-state index is 14.1. The molecule has 1 aromatic heterocycles. The topological polar surface area (TPSA) is 36.3 Å². The second-order valence-corrected chi connectivity index (χ2v) is 7.08. The fourth-order valence-corrected chi connectivity index (χ4v) is 4.20. The number of imidazole rings is 1. The largest absolute Gasteiger partial charge is 0.494 e. The molecule has 0 aliphatic carbocycles. The van der Waals surface area contributed by atoms with Gasteiger partial charge in [0.15, 0.2) is 11.6 Å². The number of benzene rings is 2. The summed E-state index contributed by atoms with van der Waals surface area (Å²) < 4.78 is 28.0. The third-order valence-corrected chi connectivity index (χ3v) is 5.02. The van der Waals surface area contributed by atoms with Gasteiger partial charge in [-0.3, -0.25) is 0 Å². The van der Waals surface area contributed by atoms with E-state index in [1.165, 1.54) is 13.2 Å². The summed E-state index contributed by atoms with van der Waals surface area (Å²) in [5.74, 6) is 0.493. The Labute approximate surface area is 161 Å². The highest BCUT2D eigenvalue weighted by Gasteiger charge is 2.18. The standard InChI is InChI=1S/C18H15Br2FN2O2/c1-23-9-22-16(10-4-5-15(24-2)14(21)8-10)17(23)11-6-12(19)18(25-3)13(20)7-11/h4-9H,1-3H3. The molecule has 3 rings (SSSR count). The van der Waals surface area contributed by atoms with Gasteiger partial charge in [-0.25, -0.2) is 9.37 Å². The fourth-order valence-electron chi connectivity index (χ4n) is 2.69. The van der Waals surface area contributed by atoms with Gasteiger partial charge in [-0.15, -0.1) is 0 Å². The van der Waals surface area contributed by atoms with Crippen molar-refractivity contribution in [3.8, 4) is 34.0 Å². The first kappa shape index (κ1) is 17.9. The lowest BCUT2D eigenvalue weighted by atomic mass is 10.0. The van der Waals surface area contributed by atoms with Crippen LogP contribution in [0.15, 0.2) is 45.6 Å². The molecule has 7 heteroatoms. The van der Waals surface area contributed by atoms with Gasteiger partial charge in [0.2, 0.25) is 0 Å². The Morgan fingerprint density at radius 1 is 1.00 bits per heavy atom. The average Bonchev–Trinajstić information content (AvgIpc) is 2.96. The van der Waals surface area contributed by atoms with Crippen LogP contribution in [0.5, 0.6) is 11.5 Å². The van der Waals surface area contributed by atoms with Gasteiger partial charge in [0.25, 0.3) is 0 Å². The number of hydrogen-bond acceptors (Lipinski definition) is 3. The minimum absolute atomic E-state index is 0.205. The van der Waals surface area contributed by atoms with Crippen molar-refractivity contribution in [2.75, 3.05) is 14.2 Å². The Hall–Kier alpha value is -1.86. The van der Waals surface area contributed by atoms with Gasteiger partial charge in [-0.2, -0.15) is 0 Å². The van der Waals surface area contributed by atoms with Crippen molar-refractivity contribution in [1.82, 2.24) is 9.55 Å². The molecule has 0 N–H and O–H groups in total. The second kappa shape index (κ2) is 7.17. The highest BCUT2D eigenvalue weighted by molar-refractivity contribution is 9.11. The molecule has 0 aliphatic heterocycles. The van der Waals surface area contributed by atoms with Crippen molar-refractivity contribution in [1.29, 1.82) is 0 Å². The minimum Gasteiger partial charge on any atom is -0.494 e. The number of halogens is 3. The fraction of sp³-hybridized carbons (Fsp3) is 0.167. The van der Waals surface area contributed by atoms with Gasteiger partial charge in [0.1, 0.15) is 5.75 Å². The summed E-state index contributed by atoms with van der Waals surface area (Å²) >= 11 is 7.04. The van der Waals surface area contributed by atoms with Crippen molar-refractivity contribution in [2.45, 2.75) is 0 Å². The molecular weight excluding hydrogens is 455 g/mol. The van der Waals surface area contributed by atoms with Gasteiger partial charge in [0, 0.05) is 18.2 Å². The molecule has 0 saturated carbocycles. The highest BCUT2D eigenvalue weighted by Crippen LogP contribution is 2.40. The molecule has 0 aliphatic rings. The second-order valence-electron chi connectivity index (χ2n) is 5.38. The zero-order chi connectivity index (χ0) is 18.1. The molecule has 0 spiro atoms. The molecule has 0 atom stereocenters. The summed E-state index contributed by atoms with van der Waals surface area (Å²) in [6.07, 6.45) is 1.71. The van der Waals surface area contributed by atoms with Gasteiger partial charge < -0.3 is 14.0 Å². The SMILES string of the molecule is COc1ccc(-c2ncn(C)c2-c2cc(Br)c(OC)c(Br)c2)cc1F. The van der Waals surface area contributed by atoms with E-state index in [1.807, 2.05) is 23.7 Å². The molecule has 4 nitrogen and oxygen atoms in total. The monoisotopic (exact) mass is 468 g/mol. The maximum Gasteiger partial charge on any atom is 0.165 e. The molecule has 1 heterocycles. The van der Waals surface area contributed by atoms with Crippen LogP contribution in [0.1, 0.15) is 0 Å². The molecule has 0 radical (unpaired) electrons. The van der Waals surface area contributed by atoms with E-state index in [-0.39, 0.29) is 5.75 Å². The van der Waals surface area contributed by atoms with Crippen molar-refractivity contribution in [2.24, 2.45) is 7.05 Å². The van der Waals surface area contributed by atoms with Crippen molar-refractivity contribution >= 4 is 31.9 Å². The number of nitrogens with zero attached hydrogens (tertiary/aromatic N) is 2. The Morgan fingerprint density at radius 3 is 2.24 bits per heavy atom. The van der Waals surface area contributed by atoms with Crippen LogP contribution in [-0.4, -0.2) is 23.8 Å². The zero-order valence-electron chi connectivity index (χ0n) is 13.8. The predicted molar refractivity (Wildman–Crippen MR) is 103 cm³/mol. The first-order chi connectivity index (χ1) is 12.0. The van der Waals surface area contributed by atoms with E-state index in [0.29, 0.717) is 17.0 Å². The van der Waals surface area contributed by atoms with Gasteiger partial charge >= 0.3 is 0 Å². The smallest absolute Gasteiger partial charge is 0.165 e. The van der Waals surface area contributed by atoms with E-state index >= 15 is 0 Å². The van der Waals surface area contributed by atoms with E-state index < -0.39 is 5.82 Å². The third-order valence-electron chi connectivity index (χ3n) is 3.84. The Balaban J connectivity index is 2.17. The maximum atomic E-state index is 14.1. The first-order valence-electron chi connectivity index (χ1n) is 7.35. The lowest BCUT2D eigenvalue weighted by Crippen LogP contribution is -1.95. The minimum atomic E-state index is -0.423. The van der Waals surface area contributed by atoms with Crippen LogP contribution in [0.2, 0.25) is 0 Å². The molecule has 25 heavy (non-hydrogen) atoms. The van der Waals surface area contributed by atoms with Crippen molar-refractivity contribution in [3.63, 3.8) is 0 Å². The summed E-state index contributed by atoms with van der Waals surface area (Å²) in [6.45, 7) is 0. The Kier molecular flexibility index (Phi) is 5.15. The molecule has 0 saturated heterocycles. The lowest BCUT2D eigenvalue weighted by molar-refractivity contribution is 0.386. The van der Waals surface area contributed by atoms with E-state index in [9.17, 15) is 4.39 Å². The van der Waals surface area contributed by atoms with Crippen LogP contribution < -0.4 is 9.47 Å². The van der Waals surface area contributed by atoms with Gasteiger partial charge in [0.05, 0.1) is 40.9 Å². The van der Waals surface area contributed by atoms with Crippen molar-refractivity contribution in [3.05, 3.63) is 51.4 Å². The molecule has 0 fully saturated rings. The van der Waals surface area contributed by atoms with Gasteiger partial charge in [-0.1, -0.05) is 0 Å². The normalized spacial score (nSPS) is 10.8. The molecular formula is C18H15Br2FN2O2. The van der Waals surface area contributed by atoms with Crippen LogP contribution in [0.4, 0.5) is 4.39 Å². The van der Waals surface area contributed by atoms with Crippen molar-refractivity contribution < 1.29 is 13.9 Å². The van der Waals surface area contributed by atoms with Crippen LogP contribution in [0.3, 0.4) is 0 Å². The average molecular weight is 470 g/mol. The van der Waals surface area contributed by atoms with Crippen LogP contribution >= 0.6 is 31.9 Å². The van der Waals surface area contributed by atoms with E-state index in [4.69, 9.17) is 9.47 Å². The number of ether oxygens (including phenoxy) is 2.